The van der Waals surface area contributed by atoms with Crippen molar-refractivity contribution in [2.45, 2.75) is 51.9 Å². The van der Waals surface area contributed by atoms with Gasteiger partial charge in [-0.2, -0.15) is 0 Å². The Morgan fingerprint density at radius 1 is 1.24 bits per heavy atom. The van der Waals surface area contributed by atoms with E-state index in [1.807, 2.05) is 17.0 Å². The number of amidine groups is 1. The molecule has 1 aromatic carbocycles. The van der Waals surface area contributed by atoms with Gasteiger partial charge in [0, 0.05) is 63.3 Å². The molecule has 3 aliphatic rings. The monoisotopic (exact) mass is 581 g/mol. The number of aliphatic imine (C=N–C) groups is 1. The molecule has 176 valence electrons. The molecule has 0 spiro atoms. The van der Waals surface area contributed by atoms with Crippen molar-refractivity contribution in [2.75, 3.05) is 25.4 Å². The van der Waals surface area contributed by atoms with E-state index in [1.165, 1.54) is 30.2 Å². The number of carbonyl (C=O) groups is 1. The number of hydrogen-bond acceptors (Lipinski definition) is 6. The van der Waals surface area contributed by atoms with Gasteiger partial charge in [-0.3, -0.25) is 7.91 Å². The Balaban J connectivity index is 1.34. The first-order valence-electron chi connectivity index (χ1n) is 11.6. The van der Waals surface area contributed by atoms with Crippen LogP contribution in [0.5, 0.6) is 0 Å². The summed E-state index contributed by atoms with van der Waals surface area (Å²) in [5, 5.41) is 0.619. The highest BCUT2D eigenvalue weighted by atomic mass is 127. The van der Waals surface area contributed by atoms with Crippen molar-refractivity contribution < 1.29 is 9.18 Å². The van der Waals surface area contributed by atoms with Gasteiger partial charge in [0.1, 0.15) is 21.8 Å². The molecule has 3 heterocycles. The van der Waals surface area contributed by atoms with Crippen LogP contribution in [0.1, 0.15) is 53.8 Å². The molecule has 5 rings (SSSR count). The van der Waals surface area contributed by atoms with Gasteiger partial charge < -0.3 is 10.6 Å². The predicted octanol–water partition coefficient (Wildman–Crippen LogP) is 4.46. The Morgan fingerprint density at radius 2 is 2.03 bits per heavy atom. The van der Waals surface area contributed by atoms with Crippen LogP contribution in [0.25, 0.3) is 0 Å². The summed E-state index contributed by atoms with van der Waals surface area (Å²) in [6, 6.07) is 5.25. The highest BCUT2D eigenvalue weighted by Gasteiger charge is 2.31. The summed E-state index contributed by atoms with van der Waals surface area (Å²) >= 11 is 0.930. The zero-order valence-electron chi connectivity index (χ0n) is 18.8. The van der Waals surface area contributed by atoms with Gasteiger partial charge in [0.05, 0.1) is 5.69 Å². The summed E-state index contributed by atoms with van der Waals surface area (Å²) in [5.74, 6) is 1.49. The molecule has 1 amide bonds. The zero-order chi connectivity index (χ0) is 22.9. The van der Waals surface area contributed by atoms with Gasteiger partial charge in [0.15, 0.2) is 5.13 Å². The molecule has 9 heteroatoms. The number of rotatable bonds is 4. The van der Waals surface area contributed by atoms with Crippen LogP contribution in [-0.2, 0) is 17.6 Å². The fraction of sp³-hybridized carbons (Fsp3) is 0.500. The standard InChI is InChI=1S/C24H29FIN5OS/c1-15-13-17(7-8-18(15)25)22-26-31(23(29-22)16-5-3-2-4-6-16)14-21(32)30-11-9-19-20(10-12-30)33-24(27)28-19/h7-8,13,16H,2-6,9-12,14H2,1H3,(H2,27,28). The lowest BCUT2D eigenvalue weighted by Gasteiger charge is -2.29. The molecule has 0 atom stereocenters. The van der Waals surface area contributed by atoms with E-state index in [1.54, 1.807) is 18.3 Å². The summed E-state index contributed by atoms with van der Waals surface area (Å²) in [6.45, 7) is 3.57. The lowest BCUT2D eigenvalue weighted by Crippen LogP contribution is -2.41. The highest BCUT2D eigenvalue weighted by molar-refractivity contribution is 14.2. The molecule has 1 aromatic heterocycles. The van der Waals surface area contributed by atoms with E-state index in [2.05, 4.69) is 8.10 Å². The maximum absolute atomic E-state index is 13.8. The maximum Gasteiger partial charge on any atom is 0.243 e. The number of aromatic nitrogens is 1. The van der Waals surface area contributed by atoms with Gasteiger partial charge in [-0.1, -0.05) is 19.3 Å². The van der Waals surface area contributed by atoms with Gasteiger partial charge in [0.25, 0.3) is 0 Å². The van der Waals surface area contributed by atoms with Crippen molar-refractivity contribution >= 4 is 52.8 Å². The third-order valence-corrected chi connectivity index (χ3v) is 10.4. The Hall–Kier alpha value is -1.88. The molecule has 0 unspecified atom stereocenters. The second kappa shape index (κ2) is 9.77. The zero-order valence-corrected chi connectivity index (χ0v) is 21.8. The largest absolute Gasteiger partial charge is 0.375 e. The lowest BCUT2D eigenvalue weighted by molar-refractivity contribution is -0.130. The summed E-state index contributed by atoms with van der Waals surface area (Å²) in [6.07, 6.45) is 7.58. The van der Waals surface area contributed by atoms with Crippen LogP contribution in [0, 0.1) is 18.7 Å². The number of halogens is 2. The second-order valence-electron chi connectivity index (χ2n) is 8.97. The predicted molar refractivity (Wildman–Crippen MR) is 140 cm³/mol. The molecular formula is C24H29FIN5OS. The van der Waals surface area contributed by atoms with E-state index in [4.69, 9.17) is 10.7 Å². The van der Waals surface area contributed by atoms with E-state index in [9.17, 15) is 9.18 Å². The summed E-state index contributed by atoms with van der Waals surface area (Å²) in [4.78, 5) is 26.1. The van der Waals surface area contributed by atoms with Crippen molar-refractivity contribution in [3.63, 3.8) is 0 Å². The number of carbonyl (C=O) groups excluding carboxylic acids is 1. The Labute approximate surface area is 208 Å². The molecule has 2 aliphatic heterocycles. The maximum atomic E-state index is 13.8. The lowest BCUT2D eigenvalue weighted by atomic mass is 9.88. The third kappa shape index (κ3) is 4.99. The number of fused-ring (bicyclic) bond motifs is 1. The number of thiazole rings is 1. The van der Waals surface area contributed by atoms with Crippen LogP contribution < -0.4 is 5.73 Å². The molecule has 0 bridgehead atoms. The average molecular weight is 581 g/mol. The van der Waals surface area contributed by atoms with Gasteiger partial charge in [-0.15, -0.1) is 11.3 Å². The number of nitrogens with zero attached hydrogens (tertiary/aromatic N) is 4. The van der Waals surface area contributed by atoms with Gasteiger partial charge in [-0.25, -0.2) is 14.4 Å². The molecule has 0 radical (unpaired) electrons. The first-order chi connectivity index (χ1) is 16.0. The second-order valence-corrected chi connectivity index (χ2v) is 12.8. The molecule has 1 saturated carbocycles. The Kier molecular flexibility index (Phi) is 6.78. The molecule has 33 heavy (non-hydrogen) atoms. The third-order valence-electron chi connectivity index (χ3n) is 6.66. The molecular weight excluding hydrogens is 552 g/mol. The van der Waals surface area contributed by atoms with Crippen LogP contribution in [0.3, 0.4) is 0 Å². The van der Waals surface area contributed by atoms with E-state index in [-0.39, 0.29) is 11.7 Å². The van der Waals surface area contributed by atoms with Crippen molar-refractivity contribution in [1.29, 1.82) is 0 Å². The van der Waals surface area contributed by atoms with Gasteiger partial charge in [-0.05, 0) is 43.5 Å². The van der Waals surface area contributed by atoms with E-state index in [0.717, 1.165) is 46.4 Å². The Bertz CT molecular complexity index is 1100. The average Bonchev–Trinajstić information content (AvgIpc) is 3.33. The first kappa shape index (κ1) is 22.9. The smallest absolute Gasteiger partial charge is 0.243 e. The molecule has 6 nitrogen and oxygen atoms in total. The molecule has 1 aliphatic carbocycles. The van der Waals surface area contributed by atoms with E-state index >= 15 is 0 Å². The number of nitrogens with two attached hydrogens (primary N) is 1. The topological polar surface area (TPSA) is 74.8 Å². The van der Waals surface area contributed by atoms with Crippen LogP contribution >= 0.6 is 32.3 Å². The SMILES string of the molecule is Cc1cc(C2=IN(CC(=O)N3CCc4nc(N)sc4CC3)C(C3CCCCC3)=N2)ccc1F. The molecule has 2 aromatic rings. The van der Waals surface area contributed by atoms with E-state index in [0.29, 0.717) is 36.2 Å². The minimum atomic E-state index is -0.614. The van der Waals surface area contributed by atoms with Crippen molar-refractivity contribution in [3.8, 4) is 0 Å². The summed E-state index contributed by atoms with van der Waals surface area (Å²) in [5.41, 5.74) is 8.55. The normalized spacial score (nSPS) is 19.5. The van der Waals surface area contributed by atoms with Crippen LogP contribution in [0.2, 0.25) is 0 Å². The molecule has 1 fully saturated rings. The number of hydrogen-bond donors (Lipinski definition) is 1. The van der Waals surface area contributed by atoms with Gasteiger partial charge >= 0.3 is 0 Å². The minimum Gasteiger partial charge on any atom is -0.375 e. The van der Waals surface area contributed by atoms with Gasteiger partial charge in [0.2, 0.25) is 5.91 Å². The molecule has 0 saturated heterocycles. The minimum absolute atomic E-state index is 0.165. The van der Waals surface area contributed by atoms with Crippen LogP contribution in [0.4, 0.5) is 9.52 Å². The number of anilines is 1. The van der Waals surface area contributed by atoms with Crippen molar-refractivity contribution in [2.24, 2.45) is 10.9 Å². The summed E-state index contributed by atoms with van der Waals surface area (Å²) < 4.78 is 17.2. The number of benzene rings is 1. The summed E-state index contributed by atoms with van der Waals surface area (Å²) in [7, 11) is 0. The van der Waals surface area contributed by atoms with Crippen molar-refractivity contribution in [1.82, 2.24) is 13.0 Å². The number of aryl methyl sites for hydroxylation is 1. The van der Waals surface area contributed by atoms with Crippen molar-refractivity contribution in [3.05, 3.63) is 45.7 Å². The quantitative estimate of drug-likeness (QED) is 0.428. The number of amides is 1. The number of nitrogen functional groups attached to an aromatic ring is 1. The van der Waals surface area contributed by atoms with Crippen LogP contribution in [-0.4, -0.2) is 48.0 Å². The first-order valence-corrected chi connectivity index (χ1v) is 14.5. The fourth-order valence-corrected chi connectivity index (χ4v) is 8.41. The molecule has 2 N–H and O–H groups in total. The highest BCUT2D eigenvalue weighted by Crippen LogP contribution is 2.34. The van der Waals surface area contributed by atoms with E-state index < -0.39 is 21.0 Å². The van der Waals surface area contributed by atoms with Crippen LogP contribution in [0.15, 0.2) is 23.2 Å². The Morgan fingerprint density at radius 3 is 2.82 bits per heavy atom. The fourth-order valence-electron chi connectivity index (χ4n) is 4.81.